The molecule has 0 bridgehead atoms. The van der Waals surface area contributed by atoms with Gasteiger partial charge in [0, 0.05) is 6.20 Å². The first-order chi connectivity index (χ1) is 7.27. The fourth-order valence-corrected chi connectivity index (χ4v) is 1.10. The van der Waals surface area contributed by atoms with Crippen molar-refractivity contribution < 1.29 is 13.5 Å². The number of nitrogens with zero attached hydrogens (tertiary/aromatic N) is 1. The summed E-state index contributed by atoms with van der Waals surface area (Å²) >= 11 is 0. The monoisotopic (exact) mass is 207 g/mol. The zero-order valence-electron chi connectivity index (χ0n) is 7.65. The Balaban J connectivity index is 2.29. The second-order valence-electron chi connectivity index (χ2n) is 2.84. The van der Waals surface area contributed by atoms with Crippen molar-refractivity contribution >= 4 is 0 Å². The third kappa shape index (κ3) is 2.10. The number of rotatable bonds is 2. The van der Waals surface area contributed by atoms with Crippen LogP contribution in [0.3, 0.4) is 0 Å². The van der Waals surface area contributed by atoms with Gasteiger partial charge in [0.05, 0.1) is 6.20 Å². The van der Waals surface area contributed by atoms with E-state index in [9.17, 15) is 8.78 Å². The average Bonchev–Trinajstić information content (AvgIpc) is 2.26. The summed E-state index contributed by atoms with van der Waals surface area (Å²) in [5, 5.41) is 0. The van der Waals surface area contributed by atoms with Gasteiger partial charge in [-0.2, -0.15) is 4.39 Å². The summed E-state index contributed by atoms with van der Waals surface area (Å²) in [6, 6.07) is 7.02. The average molecular weight is 207 g/mol. The number of ether oxygens (including phenoxy) is 1. The van der Waals surface area contributed by atoms with Crippen molar-refractivity contribution in [2.24, 2.45) is 0 Å². The van der Waals surface area contributed by atoms with Crippen molar-refractivity contribution in [2.45, 2.75) is 0 Å². The van der Waals surface area contributed by atoms with E-state index in [1.54, 1.807) is 18.3 Å². The van der Waals surface area contributed by atoms with E-state index in [1.165, 1.54) is 18.3 Å². The number of benzene rings is 1. The number of halogens is 2. The van der Waals surface area contributed by atoms with Crippen molar-refractivity contribution in [1.29, 1.82) is 0 Å². The van der Waals surface area contributed by atoms with Crippen molar-refractivity contribution in [3.63, 3.8) is 0 Å². The first-order valence-corrected chi connectivity index (χ1v) is 4.29. The van der Waals surface area contributed by atoms with E-state index in [0.717, 1.165) is 6.07 Å². The minimum absolute atomic E-state index is 0.150. The SMILES string of the molecule is Fc1cccc(Oc2cccnc2)c1F. The fraction of sp³-hybridized carbons (Fsp3) is 0. The van der Waals surface area contributed by atoms with E-state index in [4.69, 9.17) is 4.74 Å². The Bertz CT molecular complexity index is 459. The second-order valence-corrected chi connectivity index (χ2v) is 2.84. The van der Waals surface area contributed by atoms with Crippen molar-refractivity contribution in [3.8, 4) is 11.5 Å². The highest BCUT2D eigenvalue weighted by atomic mass is 19.2. The van der Waals surface area contributed by atoms with Crippen molar-refractivity contribution in [3.05, 3.63) is 54.4 Å². The molecule has 1 aromatic carbocycles. The molecule has 0 spiro atoms. The molecule has 0 aliphatic heterocycles. The molecule has 4 heteroatoms. The molecule has 76 valence electrons. The molecule has 1 aromatic heterocycles. The third-order valence-corrected chi connectivity index (χ3v) is 1.78. The Morgan fingerprint density at radius 1 is 1.07 bits per heavy atom. The van der Waals surface area contributed by atoms with Crippen LogP contribution in [0.1, 0.15) is 0 Å². The van der Waals surface area contributed by atoms with E-state index in [1.807, 2.05) is 0 Å². The van der Waals surface area contributed by atoms with E-state index in [0.29, 0.717) is 5.75 Å². The van der Waals surface area contributed by atoms with Crippen molar-refractivity contribution in [1.82, 2.24) is 4.98 Å². The molecule has 2 aromatic rings. The molecular weight excluding hydrogens is 200 g/mol. The van der Waals surface area contributed by atoms with Gasteiger partial charge in [-0.15, -0.1) is 0 Å². The fourth-order valence-electron chi connectivity index (χ4n) is 1.10. The van der Waals surface area contributed by atoms with Gasteiger partial charge in [0.1, 0.15) is 5.75 Å². The van der Waals surface area contributed by atoms with E-state index in [-0.39, 0.29) is 5.75 Å². The lowest BCUT2D eigenvalue weighted by atomic mass is 10.3. The summed E-state index contributed by atoms with van der Waals surface area (Å²) in [5.74, 6) is -1.72. The van der Waals surface area contributed by atoms with Crippen LogP contribution in [0, 0.1) is 11.6 Å². The molecule has 2 rings (SSSR count). The molecule has 0 fully saturated rings. The van der Waals surface area contributed by atoms with E-state index in [2.05, 4.69) is 4.98 Å². The van der Waals surface area contributed by atoms with E-state index >= 15 is 0 Å². The summed E-state index contributed by atoms with van der Waals surface area (Å²) in [4.78, 5) is 3.79. The highest BCUT2D eigenvalue weighted by Crippen LogP contribution is 2.24. The van der Waals surface area contributed by atoms with Gasteiger partial charge in [-0.25, -0.2) is 4.39 Å². The normalized spacial score (nSPS) is 10.0. The Kier molecular flexibility index (Phi) is 2.58. The van der Waals surface area contributed by atoms with Gasteiger partial charge >= 0.3 is 0 Å². The maximum absolute atomic E-state index is 13.2. The zero-order valence-corrected chi connectivity index (χ0v) is 7.65. The topological polar surface area (TPSA) is 22.1 Å². The molecule has 2 nitrogen and oxygen atoms in total. The number of hydrogen-bond acceptors (Lipinski definition) is 2. The number of hydrogen-bond donors (Lipinski definition) is 0. The lowest BCUT2D eigenvalue weighted by Crippen LogP contribution is -1.91. The number of pyridine rings is 1. The Hall–Kier alpha value is -1.97. The van der Waals surface area contributed by atoms with E-state index < -0.39 is 11.6 Å². The highest BCUT2D eigenvalue weighted by molar-refractivity contribution is 5.30. The first-order valence-electron chi connectivity index (χ1n) is 4.29. The predicted octanol–water partition coefficient (Wildman–Crippen LogP) is 3.15. The molecule has 0 amide bonds. The standard InChI is InChI=1S/C11H7F2NO/c12-9-4-1-5-10(11(9)13)15-8-3-2-6-14-7-8/h1-7H. The molecule has 1 heterocycles. The minimum atomic E-state index is -0.999. The van der Waals surface area contributed by atoms with Gasteiger partial charge in [0.25, 0.3) is 0 Å². The highest BCUT2D eigenvalue weighted by Gasteiger charge is 2.09. The maximum atomic E-state index is 13.2. The Labute approximate surface area is 85.2 Å². The molecule has 0 saturated carbocycles. The largest absolute Gasteiger partial charge is 0.453 e. The summed E-state index contributed by atoms with van der Waals surface area (Å²) in [6.45, 7) is 0. The third-order valence-electron chi connectivity index (χ3n) is 1.78. The van der Waals surface area contributed by atoms with Gasteiger partial charge < -0.3 is 4.74 Å². The Morgan fingerprint density at radius 3 is 2.67 bits per heavy atom. The molecule has 15 heavy (non-hydrogen) atoms. The van der Waals surface area contributed by atoms with Crippen LogP contribution in [0.5, 0.6) is 11.5 Å². The molecule has 0 radical (unpaired) electrons. The van der Waals surface area contributed by atoms with Crippen molar-refractivity contribution in [2.75, 3.05) is 0 Å². The number of aromatic nitrogens is 1. The molecule has 0 unspecified atom stereocenters. The Morgan fingerprint density at radius 2 is 1.93 bits per heavy atom. The predicted molar refractivity (Wildman–Crippen MR) is 50.7 cm³/mol. The summed E-state index contributed by atoms with van der Waals surface area (Å²) in [6.07, 6.45) is 2.99. The molecular formula is C11H7F2NO. The quantitative estimate of drug-likeness (QED) is 0.754. The van der Waals surface area contributed by atoms with Crippen LogP contribution in [0.4, 0.5) is 8.78 Å². The van der Waals surface area contributed by atoms with Crippen LogP contribution < -0.4 is 4.74 Å². The lowest BCUT2D eigenvalue weighted by molar-refractivity contribution is 0.415. The van der Waals surface area contributed by atoms with Gasteiger partial charge in [-0.05, 0) is 24.3 Å². The van der Waals surface area contributed by atoms with Gasteiger partial charge in [-0.1, -0.05) is 6.07 Å². The van der Waals surface area contributed by atoms with Gasteiger partial charge in [-0.3, -0.25) is 4.98 Å². The summed E-state index contributed by atoms with van der Waals surface area (Å²) in [7, 11) is 0. The smallest absolute Gasteiger partial charge is 0.201 e. The van der Waals surface area contributed by atoms with Crippen LogP contribution in [0.25, 0.3) is 0 Å². The molecule has 0 atom stereocenters. The molecule has 0 saturated heterocycles. The van der Waals surface area contributed by atoms with Crippen LogP contribution in [-0.2, 0) is 0 Å². The van der Waals surface area contributed by atoms with Crippen LogP contribution in [0.15, 0.2) is 42.7 Å². The molecule has 0 N–H and O–H groups in total. The molecule has 0 aliphatic rings. The minimum Gasteiger partial charge on any atom is -0.453 e. The maximum Gasteiger partial charge on any atom is 0.201 e. The van der Waals surface area contributed by atoms with Gasteiger partial charge in [0.15, 0.2) is 11.6 Å². The van der Waals surface area contributed by atoms with Gasteiger partial charge in [0.2, 0.25) is 5.82 Å². The second kappa shape index (κ2) is 4.04. The van der Waals surface area contributed by atoms with Crippen LogP contribution in [0.2, 0.25) is 0 Å². The zero-order chi connectivity index (χ0) is 10.7. The lowest BCUT2D eigenvalue weighted by Gasteiger charge is -2.05. The van der Waals surface area contributed by atoms with Crippen LogP contribution >= 0.6 is 0 Å². The van der Waals surface area contributed by atoms with Crippen LogP contribution in [-0.4, -0.2) is 4.98 Å². The summed E-state index contributed by atoms with van der Waals surface area (Å²) < 4.78 is 31.1. The first kappa shape index (κ1) is 9.58. The summed E-state index contributed by atoms with van der Waals surface area (Å²) in [5.41, 5.74) is 0. The molecule has 0 aliphatic carbocycles.